The highest BCUT2D eigenvalue weighted by Crippen LogP contribution is 2.63. The first-order valence-electron chi connectivity index (χ1n) is 12.0. The third kappa shape index (κ3) is 2.78. The number of hydrogen-bond acceptors (Lipinski definition) is 3. The maximum Gasteiger partial charge on any atom is 0.239 e. The van der Waals surface area contributed by atoms with Gasteiger partial charge in [-0.3, -0.25) is 14.6 Å². The van der Waals surface area contributed by atoms with Crippen LogP contribution in [-0.4, -0.2) is 18.0 Å². The average molecular weight is 533 g/mol. The number of halogens is 1. The highest BCUT2D eigenvalue weighted by Gasteiger charge is 2.67. The van der Waals surface area contributed by atoms with Crippen LogP contribution in [0.3, 0.4) is 0 Å². The van der Waals surface area contributed by atoms with Crippen LogP contribution in [-0.2, 0) is 15.0 Å². The lowest BCUT2D eigenvalue weighted by molar-refractivity contribution is -0.122. The van der Waals surface area contributed by atoms with E-state index < -0.39 is 17.3 Å². The van der Waals surface area contributed by atoms with Gasteiger partial charge in [-0.05, 0) is 52.6 Å². The van der Waals surface area contributed by atoms with Crippen LogP contribution in [0.4, 0.5) is 11.4 Å². The normalized spacial score (nSPS) is 25.7. The molecule has 8 rings (SSSR count). The van der Waals surface area contributed by atoms with Gasteiger partial charge in [0.1, 0.15) is 0 Å². The molecule has 4 aromatic rings. The Balaban J connectivity index is 1.52. The first-order chi connectivity index (χ1) is 17.6. The number of benzene rings is 4. The monoisotopic (exact) mass is 532 g/mol. The van der Waals surface area contributed by atoms with Crippen LogP contribution < -0.4 is 4.90 Å². The second kappa shape index (κ2) is 7.84. The summed E-state index contributed by atoms with van der Waals surface area (Å²) in [7, 11) is 0. The molecule has 0 spiro atoms. The van der Waals surface area contributed by atoms with Crippen molar-refractivity contribution in [3.8, 4) is 0 Å². The first-order valence-corrected chi connectivity index (χ1v) is 12.8. The van der Waals surface area contributed by atoms with Crippen molar-refractivity contribution in [1.82, 2.24) is 0 Å². The lowest BCUT2D eigenvalue weighted by Crippen LogP contribution is -2.54. The molecular weight excluding hydrogens is 512 g/mol. The zero-order valence-electron chi connectivity index (χ0n) is 19.2. The van der Waals surface area contributed by atoms with Gasteiger partial charge in [0.2, 0.25) is 11.8 Å². The van der Waals surface area contributed by atoms with E-state index in [1.54, 1.807) is 0 Å². The molecule has 1 saturated heterocycles. The number of carbonyl (C=O) groups excluding carboxylic acids is 2. The lowest BCUT2D eigenvalue weighted by Gasteiger charge is -2.52. The number of amides is 2. The number of nitrogens with zero attached hydrogens (tertiary/aromatic N) is 2. The molecule has 5 heteroatoms. The lowest BCUT2D eigenvalue weighted by atomic mass is 9.47. The standard InChI is InChI=1S/C31H21BrN2O2/c32-19-9-8-10-20(17-19)33-18-31-24-15-6-4-13-22(24)26(23-14-5-7-16-25(23)31)27-28(31)30(36)34(29(27)35)21-11-2-1-3-12-21/h1-18,26-28H/t26?,27-,28+,31?/m1/s1. The van der Waals surface area contributed by atoms with Gasteiger partial charge in [-0.1, -0.05) is 88.7 Å². The molecule has 4 aromatic carbocycles. The summed E-state index contributed by atoms with van der Waals surface area (Å²) in [5.41, 5.74) is 4.88. The fourth-order valence-corrected chi connectivity index (χ4v) is 7.00. The van der Waals surface area contributed by atoms with E-state index in [1.165, 1.54) is 4.90 Å². The number of rotatable bonds is 3. The van der Waals surface area contributed by atoms with E-state index in [2.05, 4.69) is 40.2 Å². The van der Waals surface area contributed by atoms with Crippen molar-refractivity contribution in [2.45, 2.75) is 11.3 Å². The van der Waals surface area contributed by atoms with Crippen LogP contribution in [0.15, 0.2) is 113 Å². The highest BCUT2D eigenvalue weighted by atomic mass is 79.9. The van der Waals surface area contributed by atoms with Crippen LogP contribution in [0.2, 0.25) is 0 Å². The Morgan fingerprint density at radius 3 is 2.06 bits per heavy atom. The Hall–Kier alpha value is -3.83. The number of carbonyl (C=O) groups is 2. The zero-order valence-corrected chi connectivity index (χ0v) is 20.8. The van der Waals surface area contributed by atoms with E-state index in [4.69, 9.17) is 4.99 Å². The quantitative estimate of drug-likeness (QED) is 0.226. The van der Waals surface area contributed by atoms with Crippen molar-refractivity contribution in [1.29, 1.82) is 0 Å². The predicted molar refractivity (Wildman–Crippen MR) is 144 cm³/mol. The summed E-state index contributed by atoms with van der Waals surface area (Å²) in [6.07, 6.45) is 1.93. The molecule has 2 bridgehead atoms. The van der Waals surface area contributed by atoms with Crippen LogP contribution in [0, 0.1) is 11.8 Å². The molecule has 2 atom stereocenters. The molecule has 4 nitrogen and oxygen atoms in total. The first kappa shape index (κ1) is 21.5. The third-order valence-corrected chi connectivity index (χ3v) is 8.42. The molecule has 4 aliphatic rings. The summed E-state index contributed by atoms with van der Waals surface area (Å²) in [6, 6.07) is 33.6. The molecule has 174 valence electrons. The molecule has 1 aliphatic heterocycles. The maximum atomic E-state index is 14.3. The topological polar surface area (TPSA) is 49.7 Å². The zero-order chi connectivity index (χ0) is 24.4. The van der Waals surface area contributed by atoms with Gasteiger partial charge in [0.05, 0.1) is 28.6 Å². The van der Waals surface area contributed by atoms with Crippen molar-refractivity contribution in [3.05, 3.63) is 130 Å². The SMILES string of the molecule is O=C1[C@@H]2C3c4ccccc4C(C=Nc4cccc(Br)c4)(c4ccccc43)[C@@H]2C(=O)N1c1ccccc1. The number of para-hydroxylation sites is 1. The molecule has 3 aliphatic carbocycles. The van der Waals surface area contributed by atoms with Crippen molar-refractivity contribution < 1.29 is 9.59 Å². The van der Waals surface area contributed by atoms with Gasteiger partial charge in [0, 0.05) is 16.6 Å². The summed E-state index contributed by atoms with van der Waals surface area (Å²) >= 11 is 3.53. The smallest absolute Gasteiger partial charge is 0.239 e. The Kier molecular flexibility index (Phi) is 4.67. The second-order valence-corrected chi connectivity index (χ2v) is 10.5. The average Bonchev–Trinajstić information content (AvgIpc) is 3.19. The van der Waals surface area contributed by atoms with Crippen LogP contribution in [0.5, 0.6) is 0 Å². The fourth-order valence-electron chi connectivity index (χ4n) is 6.61. The summed E-state index contributed by atoms with van der Waals surface area (Å²) < 4.78 is 0.933. The molecule has 0 aromatic heterocycles. The minimum Gasteiger partial charge on any atom is -0.274 e. The molecule has 36 heavy (non-hydrogen) atoms. The third-order valence-electron chi connectivity index (χ3n) is 7.92. The minimum absolute atomic E-state index is 0.134. The molecule has 1 fully saturated rings. The van der Waals surface area contributed by atoms with E-state index in [0.717, 1.165) is 32.4 Å². The molecular formula is C31H21BrN2O2. The Bertz CT molecular complexity index is 1530. The van der Waals surface area contributed by atoms with Crippen LogP contribution in [0.25, 0.3) is 0 Å². The number of anilines is 1. The minimum atomic E-state index is -0.856. The molecule has 0 radical (unpaired) electrons. The fraction of sp³-hybridized carbons (Fsp3) is 0.129. The number of imide groups is 1. The van der Waals surface area contributed by atoms with E-state index in [-0.39, 0.29) is 17.7 Å². The predicted octanol–water partition coefficient (Wildman–Crippen LogP) is 6.40. The van der Waals surface area contributed by atoms with Crippen molar-refractivity contribution >= 4 is 45.3 Å². The molecule has 0 unspecified atom stereocenters. The van der Waals surface area contributed by atoms with Gasteiger partial charge in [0.15, 0.2) is 0 Å². The summed E-state index contributed by atoms with van der Waals surface area (Å²) in [6.45, 7) is 0. The van der Waals surface area contributed by atoms with Crippen molar-refractivity contribution in [2.75, 3.05) is 4.90 Å². The van der Waals surface area contributed by atoms with Crippen molar-refractivity contribution in [2.24, 2.45) is 16.8 Å². The van der Waals surface area contributed by atoms with Gasteiger partial charge < -0.3 is 0 Å². The molecule has 0 N–H and O–H groups in total. The van der Waals surface area contributed by atoms with Crippen molar-refractivity contribution in [3.63, 3.8) is 0 Å². The van der Waals surface area contributed by atoms with E-state index in [1.807, 2.05) is 85.1 Å². The highest BCUT2D eigenvalue weighted by molar-refractivity contribution is 9.10. The van der Waals surface area contributed by atoms with Gasteiger partial charge in [0.25, 0.3) is 0 Å². The summed E-state index contributed by atoms with van der Waals surface area (Å²) in [4.78, 5) is 34.7. The van der Waals surface area contributed by atoms with Gasteiger partial charge >= 0.3 is 0 Å². The van der Waals surface area contributed by atoms with E-state index in [0.29, 0.717) is 5.69 Å². The summed E-state index contributed by atoms with van der Waals surface area (Å²) in [5, 5.41) is 0. The van der Waals surface area contributed by atoms with Gasteiger partial charge in [-0.25, -0.2) is 4.90 Å². The summed E-state index contributed by atoms with van der Waals surface area (Å²) in [5.74, 6) is -1.53. The molecule has 2 amide bonds. The number of hydrogen-bond donors (Lipinski definition) is 0. The Morgan fingerprint density at radius 2 is 1.39 bits per heavy atom. The van der Waals surface area contributed by atoms with Gasteiger partial charge in [-0.15, -0.1) is 0 Å². The maximum absolute atomic E-state index is 14.3. The second-order valence-electron chi connectivity index (χ2n) is 9.61. The number of aliphatic imine (C=N–C) groups is 1. The molecule has 0 saturated carbocycles. The van der Waals surface area contributed by atoms with E-state index >= 15 is 0 Å². The largest absolute Gasteiger partial charge is 0.274 e. The van der Waals surface area contributed by atoms with Crippen LogP contribution >= 0.6 is 15.9 Å². The van der Waals surface area contributed by atoms with Gasteiger partial charge in [-0.2, -0.15) is 0 Å². The van der Waals surface area contributed by atoms with Crippen LogP contribution in [0.1, 0.15) is 28.2 Å². The molecule has 1 heterocycles. The Morgan fingerprint density at radius 1 is 0.750 bits per heavy atom. The van der Waals surface area contributed by atoms with E-state index in [9.17, 15) is 9.59 Å². The Labute approximate surface area is 217 Å².